The summed E-state index contributed by atoms with van der Waals surface area (Å²) in [6, 6.07) is 3.58. The SMILES string of the molecule is CC(Cl)c1nc2cc(Cl)c(Cl)cc2n1Cc1nccn1C. The number of hydrogen-bond donors (Lipinski definition) is 0. The van der Waals surface area contributed by atoms with E-state index in [-0.39, 0.29) is 5.38 Å². The second kappa shape index (κ2) is 5.52. The lowest BCUT2D eigenvalue weighted by Gasteiger charge is -2.10. The topological polar surface area (TPSA) is 35.6 Å². The van der Waals surface area contributed by atoms with Gasteiger partial charge in [-0.3, -0.25) is 0 Å². The molecule has 0 saturated carbocycles. The standard InChI is InChI=1S/C14H13Cl3N4/c1-8(15)14-19-11-5-9(16)10(17)6-12(11)21(14)7-13-18-3-4-20(13)2/h3-6,8H,7H2,1-2H3. The fraction of sp³-hybridized carbons (Fsp3) is 0.286. The normalized spacial score (nSPS) is 13.0. The molecule has 4 nitrogen and oxygen atoms in total. The molecule has 0 aliphatic rings. The Morgan fingerprint density at radius 2 is 1.95 bits per heavy atom. The van der Waals surface area contributed by atoms with Crippen LogP contribution in [0.3, 0.4) is 0 Å². The number of aromatic nitrogens is 4. The molecule has 1 aromatic carbocycles. The predicted molar refractivity (Wildman–Crippen MR) is 86.3 cm³/mol. The van der Waals surface area contributed by atoms with Gasteiger partial charge < -0.3 is 9.13 Å². The number of aryl methyl sites for hydroxylation is 1. The summed E-state index contributed by atoms with van der Waals surface area (Å²) < 4.78 is 3.99. The second-order valence-electron chi connectivity index (χ2n) is 4.88. The zero-order valence-corrected chi connectivity index (χ0v) is 13.8. The van der Waals surface area contributed by atoms with Gasteiger partial charge in [0.05, 0.1) is 33.0 Å². The molecule has 0 aliphatic carbocycles. The van der Waals surface area contributed by atoms with Gasteiger partial charge in [-0.25, -0.2) is 9.97 Å². The molecule has 0 bridgehead atoms. The Labute approximate surface area is 137 Å². The van der Waals surface area contributed by atoms with Crippen LogP contribution < -0.4 is 0 Å². The van der Waals surface area contributed by atoms with Crippen molar-refractivity contribution in [2.24, 2.45) is 7.05 Å². The van der Waals surface area contributed by atoms with Gasteiger partial charge in [0.1, 0.15) is 11.6 Å². The predicted octanol–water partition coefficient (Wildman–Crippen LogP) is 4.42. The molecule has 0 spiro atoms. The van der Waals surface area contributed by atoms with E-state index in [9.17, 15) is 0 Å². The van der Waals surface area contributed by atoms with Crippen LogP contribution in [-0.4, -0.2) is 19.1 Å². The smallest absolute Gasteiger partial charge is 0.128 e. The van der Waals surface area contributed by atoms with Crippen LogP contribution in [0.5, 0.6) is 0 Å². The minimum absolute atomic E-state index is 0.227. The molecule has 3 aromatic rings. The Balaban J connectivity index is 2.20. The Morgan fingerprint density at radius 1 is 1.24 bits per heavy atom. The van der Waals surface area contributed by atoms with Crippen molar-refractivity contribution in [3.63, 3.8) is 0 Å². The van der Waals surface area contributed by atoms with E-state index in [0.717, 1.165) is 22.7 Å². The van der Waals surface area contributed by atoms with E-state index in [1.54, 1.807) is 12.3 Å². The zero-order chi connectivity index (χ0) is 15.1. The van der Waals surface area contributed by atoms with E-state index in [1.807, 2.05) is 35.4 Å². The molecule has 7 heteroatoms. The van der Waals surface area contributed by atoms with Gasteiger partial charge in [0.25, 0.3) is 0 Å². The molecule has 2 aromatic heterocycles. The van der Waals surface area contributed by atoms with Gasteiger partial charge in [-0.15, -0.1) is 11.6 Å². The quantitative estimate of drug-likeness (QED) is 0.660. The molecule has 2 heterocycles. The summed E-state index contributed by atoms with van der Waals surface area (Å²) >= 11 is 18.5. The van der Waals surface area contributed by atoms with Gasteiger partial charge in [0, 0.05) is 19.4 Å². The number of imidazole rings is 2. The van der Waals surface area contributed by atoms with Crippen LogP contribution in [-0.2, 0) is 13.6 Å². The van der Waals surface area contributed by atoms with Crippen LogP contribution in [0, 0.1) is 0 Å². The van der Waals surface area contributed by atoms with Crippen molar-refractivity contribution in [1.29, 1.82) is 0 Å². The Kier molecular flexibility index (Phi) is 3.86. The number of hydrogen-bond acceptors (Lipinski definition) is 2. The summed E-state index contributed by atoms with van der Waals surface area (Å²) in [4.78, 5) is 8.93. The Hall–Kier alpha value is -1.23. The largest absolute Gasteiger partial charge is 0.337 e. The molecule has 21 heavy (non-hydrogen) atoms. The van der Waals surface area contributed by atoms with Crippen molar-refractivity contribution in [3.05, 3.63) is 46.2 Å². The number of rotatable bonds is 3. The Morgan fingerprint density at radius 3 is 2.57 bits per heavy atom. The van der Waals surface area contributed by atoms with Crippen LogP contribution in [0.25, 0.3) is 11.0 Å². The molecule has 0 fully saturated rings. The summed E-state index contributed by atoms with van der Waals surface area (Å²) in [5, 5.41) is 0.758. The fourth-order valence-corrected chi connectivity index (χ4v) is 2.78. The van der Waals surface area contributed by atoms with Gasteiger partial charge in [0.2, 0.25) is 0 Å². The summed E-state index contributed by atoms with van der Waals surface area (Å²) in [5.41, 5.74) is 1.68. The van der Waals surface area contributed by atoms with E-state index >= 15 is 0 Å². The minimum Gasteiger partial charge on any atom is -0.337 e. The van der Waals surface area contributed by atoms with Crippen LogP contribution in [0.4, 0.5) is 0 Å². The maximum atomic E-state index is 6.26. The lowest BCUT2D eigenvalue weighted by atomic mass is 10.3. The number of nitrogens with zero attached hydrogens (tertiary/aromatic N) is 4. The molecular formula is C14H13Cl3N4. The second-order valence-corrected chi connectivity index (χ2v) is 6.35. The van der Waals surface area contributed by atoms with Gasteiger partial charge >= 0.3 is 0 Å². The van der Waals surface area contributed by atoms with Crippen molar-refractivity contribution in [3.8, 4) is 0 Å². The number of benzene rings is 1. The highest BCUT2D eigenvalue weighted by molar-refractivity contribution is 6.42. The third-order valence-electron chi connectivity index (χ3n) is 3.40. The molecule has 0 radical (unpaired) electrons. The lowest BCUT2D eigenvalue weighted by molar-refractivity contribution is 0.677. The van der Waals surface area contributed by atoms with Crippen molar-refractivity contribution >= 4 is 45.8 Å². The first kappa shape index (κ1) is 14.7. The molecular weight excluding hydrogens is 331 g/mol. The molecule has 0 saturated heterocycles. The first-order valence-electron chi connectivity index (χ1n) is 6.43. The maximum Gasteiger partial charge on any atom is 0.128 e. The molecule has 1 unspecified atom stereocenters. The van der Waals surface area contributed by atoms with Gasteiger partial charge in [-0.05, 0) is 19.1 Å². The van der Waals surface area contributed by atoms with E-state index < -0.39 is 0 Å². The molecule has 0 N–H and O–H groups in total. The average Bonchev–Trinajstić information content (AvgIpc) is 2.97. The maximum absolute atomic E-state index is 6.26. The number of alkyl halides is 1. The highest BCUT2D eigenvalue weighted by atomic mass is 35.5. The highest BCUT2D eigenvalue weighted by Gasteiger charge is 2.17. The van der Waals surface area contributed by atoms with Crippen LogP contribution >= 0.6 is 34.8 Å². The zero-order valence-electron chi connectivity index (χ0n) is 11.5. The number of fused-ring (bicyclic) bond motifs is 1. The minimum atomic E-state index is -0.227. The summed E-state index contributed by atoms with van der Waals surface area (Å²) in [6.45, 7) is 2.46. The summed E-state index contributed by atoms with van der Waals surface area (Å²) in [7, 11) is 1.95. The third kappa shape index (κ3) is 2.63. The third-order valence-corrected chi connectivity index (χ3v) is 4.31. The van der Waals surface area contributed by atoms with Crippen molar-refractivity contribution in [2.75, 3.05) is 0 Å². The monoisotopic (exact) mass is 342 g/mol. The van der Waals surface area contributed by atoms with Crippen LogP contribution in [0.2, 0.25) is 10.0 Å². The van der Waals surface area contributed by atoms with Gasteiger partial charge in [-0.2, -0.15) is 0 Å². The molecule has 0 aliphatic heterocycles. The number of halogens is 3. The summed E-state index contributed by atoms with van der Waals surface area (Å²) in [5.74, 6) is 1.69. The van der Waals surface area contributed by atoms with Crippen molar-refractivity contribution < 1.29 is 0 Å². The van der Waals surface area contributed by atoms with E-state index in [1.165, 1.54) is 0 Å². The summed E-state index contributed by atoms with van der Waals surface area (Å²) in [6.07, 6.45) is 3.67. The van der Waals surface area contributed by atoms with E-state index in [2.05, 4.69) is 9.97 Å². The molecule has 3 rings (SSSR count). The Bertz CT molecular complexity index is 804. The molecule has 110 valence electrons. The van der Waals surface area contributed by atoms with Crippen LogP contribution in [0.1, 0.15) is 23.9 Å². The highest BCUT2D eigenvalue weighted by Crippen LogP contribution is 2.31. The van der Waals surface area contributed by atoms with Crippen molar-refractivity contribution in [1.82, 2.24) is 19.1 Å². The fourth-order valence-electron chi connectivity index (χ4n) is 2.30. The van der Waals surface area contributed by atoms with E-state index in [0.29, 0.717) is 16.6 Å². The van der Waals surface area contributed by atoms with Gasteiger partial charge in [0.15, 0.2) is 0 Å². The first-order valence-corrected chi connectivity index (χ1v) is 7.62. The average molecular weight is 344 g/mol. The van der Waals surface area contributed by atoms with Crippen LogP contribution in [0.15, 0.2) is 24.5 Å². The van der Waals surface area contributed by atoms with Crippen molar-refractivity contribution in [2.45, 2.75) is 18.8 Å². The first-order chi connectivity index (χ1) is 9.97. The molecule has 0 amide bonds. The molecule has 1 atom stereocenters. The van der Waals surface area contributed by atoms with E-state index in [4.69, 9.17) is 34.8 Å². The van der Waals surface area contributed by atoms with Gasteiger partial charge in [-0.1, -0.05) is 23.2 Å². The lowest BCUT2D eigenvalue weighted by Crippen LogP contribution is -2.09.